The van der Waals surface area contributed by atoms with Crippen LogP contribution in [0.2, 0.25) is 0 Å². The summed E-state index contributed by atoms with van der Waals surface area (Å²) in [5.74, 6) is 1.89. The highest BCUT2D eigenvalue weighted by Gasteiger charge is 2.18. The van der Waals surface area contributed by atoms with Gasteiger partial charge in [0.1, 0.15) is 0 Å². The number of hydrogen-bond donors (Lipinski definition) is 0. The fourth-order valence-electron chi connectivity index (χ4n) is 2.39. The largest absolute Gasteiger partial charge is 0.306 e. The van der Waals surface area contributed by atoms with Crippen molar-refractivity contribution in [2.45, 2.75) is 39.5 Å². The molecule has 1 nitrogen and oxygen atoms in total. The molecule has 0 aliphatic carbocycles. The van der Waals surface area contributed by atoms with Crippen LogP contribution in [-0.4, -0.2) is 25.0 Å². The summed E-state index contributed by atoms with van der Waals surface area (Å²) in [7, 11) is 2.27. The zero-order valence-corrected chi connectivity index (χ0v) is 8.84. The normalized spacial score (nSPS) is 33.2. The lowest BCUT2D eigenvalue weighted by Crippen LogP contribution is -2.25. The third kappa shape index (κ3) is 3.14. The summed E-state index contributed by atoms with van der Waals surface area (Å²) in [6, 6.07) is 0. The molecule has 2 atom stereocenters. The second-order valence-electron chi connectivity index (χ2n) is 4.56. The van der Waals surface area contributed by atoms with Gasteiger partial charge in [0.05, 0.1) is 0 Å². The maximum absolute atomic E-state index is 2.51. The molecule has 0 N–H and O–H groups in total. The molecule has 0 spiro atoms. The van der Waals surface area contributed by atoms with E-state index in [0.29, 0.717) is 0 Å². The van der Waals surface area contributed by atoms with Gasteiger partial charge in [0.15, 0.2) is 0 Å². The third-order valence-corrected chi connectivity index (χ3v) is 2.96. The lowest BCUT2D eigenvalue weighted by atomic mass is 9.96. The molecule has 0 aromatic carbocycles. The molecule has 1 heterocycles. The first-order chi connectivity index (χ1) is 5.72. The van der Waals surface area contributed by atoms with E-state index in [1.54, 1.807) is 0 Å². The maximum atomic E-state index is 2.51. The molecule has 1 fully saturated rings. The van der Waals surface area contributed by atoms with E-state index in [0.717, 1.165) is 11.8 Å². The van der Waals surface area contributed by atoms with Gasteiger partial charge in [-0.05, 0) is 38.1 Å². The topological polar surface area (TPSA) is 3.24 Å². The molecule has 0 radical (unpaired) electrons. The fourth-order valence-corrected chi connectivity index (χ4v) is 2.39. The number of likely N-dealkylation sites (tertiary alicyclic amines) is 1. The third-order valence-electron chi connectivity index (χ3n) is 2.96. The minimum absolute atomic E-state index is 0.914. The monoisotopic (exact) mass is 169 g/mol. The van der Waals surface area contributed by atoms with Crippen molar-refractivity contribution in [2.24, 2.45) is 11.8 Å². The van der Waals surface area contributed by atoms with Gasteiger partial charge >= 0.3 is 0 Å². The van der Waals surface area contributed by atoms with Gasteiger partial charge in [0.2, 0.25) is 0 Å². The molecule has 0 saturated carbocycles. The summed E-state index contributed by atoms with van der Waals surface area (Å²) in [4.78, 5) is 2.51. The van der Waals surface area contributed by atoms with Crippen molar-refractivity contribution in [1.29, 1.82) is 0 Å². The first-order valence-electron chi connectivity index (χ1n) is 5.41. The molecular formula is C11H23N. The Bertz CT molecular complexity index is 122. The number of rotatable bonds is 2. The standard InChI is InChI=1S/C11H23N/c1-4-5-11-7-6-10(2)8-12(3)9-11/h10-11H,4-9H2,1-3H3. The van der Waals surface area contributed by atoms with E-state index < -0.39 is 0 Å². The van der Waals surface area contributed by atoms with Crippen LogP contribution in [0.25, 0.3) is 0 Å². The van der Waals surface area contributed by atoms with E-state index in [4.69, 9.17) is 0 Å². The molecule has 0 aromatic heterocycles. The van der Waals surface area contributed by atoms with Gasteiger partial charge in [-0.15, -0.1) is 0 Å². The second kappa shape index (κ2) is 4.86. The zero-order valence-electron chi connectivity index (χ0n) is 8.84. The van der Waals surface area contributed by atoms with Crippen LogP contribution >= 0.6 is 0 Å². The lowest BCUT2D eigenvalue weighted by molar-refractivity contribution is 0.274. The highest BCUT2D eigenvalue weighted by atomic mass is 15.1. The average molecular weight is 169 g/mol. The van der Waals surface area contributed by atoms with Crippen LogP contribution < -0.4 is 0 Å². The first kappa shape index (κ1) is 10.0. The average Bonchev–Trinajstić information content (AvgIpc) is 2.13. The maximum Gasteiger partial charge on any atom is 0.000672 e. The van der Waals surface area contributed by atoms with E-state index in [1.165, 1.54) is 38.8 Å². The Morgan fingerprint density at radius 1 is 1.25 bits per heavy atom. The van der Waals surface area contributed by atoms with Gasteiger partial charge in [0.25, 0.3) is 0 Å². The van der Waals surface area contributed by atoms with E-state index in [1.807, 2.05) is 0 Å². The minimum atomic E-state index is 0.914. The van der Waals surface area contributed by atoms with Crippen LogP contribution in [0.3, 0.4) is 0 Å². The lowest BCUT2D eigenvalue weighted by Gasteiger charge is -2.19. The van der Waals surface area contributed by atoms with Crippen molar-refractivity contribution in [3.05, 3.63) is 0 Å². The van der Waals surface area contributed by atoms with E-state index >= 15 is 0 Å². The summed E-state index contributed by atoms with van der Waals surface area (Å²) in [5, 5.41) is 0. The van der Waals surface area contributed by atoms with Gasteiger partial charge in [-0.2, -0.15) is 0 Å². The molecule has 1 heteroatoms. The van der Waals surface area contributed by atoms with Crippen molar-refractivity contribution in [1.82, 2.24) is 4.90 Å². The van der Waals surface area contributed by atoms with Crippen LogP contribution in [0.4, 0.5) is 0 Å². The van der Waals surface area contributed by atoms with E-state index in [2.05, 4.69) is 25.8 Å². The van der Waals surface area contributed by atoms with Crippen molar-refractivity contribution in [2.75, 3.05) is 20.1 Å². The van der Waals surface area contributed by atoms with Crippen LogP contribution in [0.1, 0.15) is 39.5 Å². The molecule has 0 bridgehead atoms. The van der Waals surface area contributed by atoms with E-state index in [-0.39, 0.29) is 0 Å². The van der Waals surface area contributed by atoms with Crippen molar-refractivity contribution in [3.8, 4) is 0 Å². The van der Waals surface area contributed by atoms with Gasteiger partial charge in [0, 0.05) is 13.1 Å². The Kier molecular flexibility index (Phi) is 4.07. The highest BCUT2D eigenvalue weighted by Crippen LogP contribution is 2.22. The Morgan fingerprint density at radius 2 is 2.00 bits per heavy atom. The molecule has 1 rings (SSSR count). The zero-order chi connectivity index (χ0) is 8.97. The Hall–Kier alpha value is -0.0400. The fraction of sp³-hybridized carbons (Fsp3) is 1.00. The quantitative estimate of drug-likeness (QED) is 0.614. The van der Waals surface area contributed by atoms with Gasteiger partial charge in [-0.1, -0.05) is 20.3 Å². The predicted octanol–water partition coefficient (Wildman–Crippen LogP) is 2.76. The Morgan fingerprint density at radius 3 is 2.67 bits per heavy atom. The predicted molar refractivity (Wildman–Crippen MR) is 54.3 cm³/mol. The van der Waals surface area contributed by atoms with Gasteiger partial charge < -0.3 is 4.90 Å². The smallest absolute Gasteiger partial charge is 0.000672 e. The summed E-state index contributed by atoms with van der Waals surface area (Å²) >= 11 is 0. The molecule has 72 valence electrons. The van der Waals surface area contributed by atoms with Crippen molar-refractivity contribution >= 4 is 0 Å². The summed E-state index contributed by atoms with van der Waals surface area (Å²) in [6.07, 6.45) is 5.68. The minimum Gasteiger partial charge on any atom is -0.306 e. The second-order valence-corrected chi connectivity index (χ2v) is 4.56. The molecule has 1 saturated heterocycles. The Balaban J connectivity index is 2.35. The molecule has 0 amide bonds. The first-order valence-corrected chi connectivity index (χ1v) is 5.41. The van der Waals surface area contributed by atoms with Crippen LogP contribution in [0.15, 0.2) is 0 Å². The van der Waals surface area contributed by atoms with Crippen molar-refractivity contribution < 1.29 is 0 Å². The van der Waals surface area contributed by atoms with Crippen molar-refractivity contribution in [3.63, 3.8) is 0 Å². The van der Waals surface area contributed by atoms with Crippen LogP contribution in [0.5, 0.6) is 0 Å². The van der Waals surface area contributed by atoms with Gasteiger partial charge in [-0.3, -0.25) is 0 Å². The van der Waals surface area contributed by atoms with E-state index in [9.17, 15) is 0 Å². The molecular weight excluding hydrogens is 146 g/mol. The summed E-state index contributed by atoms with van der Waals surface area (Å²) in [6.45, 7) is 7.32. The SMILES string of the molecule is CCCC1CCC(C)CN(C)C1. The molecule has 1 aliphatic rings. The highest BCUT2D eigenvalue weighted by molar-refractivity contribution is 4.71. The molecule has 2 unspecified atom stereocenters. The van der Waals surface area contributed by atoms with Crippen LogP contribution in [-0.2, 0) is 0 Å². The summed E-state index contributed by atoms with van der Waals surface area (Å²) < 4.78 is 0. The van der Waals surface area contributed by atoms with Crippen LogP contribution in [0, 0.1) is 11.8 Å². The Labute approximate surface area is 77.1 Å². The summed E-state index contributed by atoms with van der Waals surface area (Å²) in [5.41, 5.74) is 0. The molecule has 1 aliphatic heterocycles. The molecule has 0 aromatic rings. The number of hydrogen-bond acceptors (Lipinski definition) is 1. The molecule has 12 heavy (non-hydrogen) atoms. The number of nitrogens with zero attached hydrogens (tertiary/aromatic N) is 1. The van der Waals surface area contributed by atoms with Gasteiger partial charge in [-0.25, -0.2) is 0 Å².